The number of carbonyl (C=O) groups is 1. The third kappa shape index (κ3) is 2.08. The summed E-state index contributed by atoms with van der Waals surface area (Å²) in [6, 6.07) is 0. The summed E-state index contributed by atoms with van der Waals surface area (Å²) in [5, 5.41) is 9.12. The van der Waals surface area contributed by atoms with E-state index in [0.29, 0.717) is 0 Å². The summed E-state index contributed by atoms with van der Waals surface area (Å²) >= 11 is 0. The van der Waals surface area contributed by atoms with Crippen molar-refractivity contribution in [2.24, 2.45) is 0 Å². The molecule has 1 unspecified atom stereocenters. The molecule has 3 nitrogen and oxygen atoms in total. The first-order chi connectivity index (χ1) is 6.61. The van der Waals surface area contributed by atoms with Gasteiger partial charge in [-0.25, -0.2) is 0 Å². The van der Waals surface area contributed by atoms with Gasteiger partial charge in [-0.15, -0.1) is 11.8 Å². The average molecular weight is 195 g/mol. The zero-order chi connectivity index (χ0) is 10.6. The molecule has 0 aromatic carbocycles. The maximum atomic E-state index is 11.1. The second-order valence-electron chi connectivity index (χ2n) is 3.85. The Hall–Kier alpha value is -1.01. The molecule has 78 valence electrons. The highest BCUT2D eigenvalue weighted by Gasteiger charge is 2.42. The van der Waals surface area contributed by atoms with E-state index in [1.165, 1.54) is 0 Å². The Labute approximate surface area is 85.1 Å². The SMILES string of the molecule is CC#CCCN1CCCC1(C)C(=O)O. The highest BCUT2D eigenvalue weighted by molar-refractivity contribution is 5.78. The van der Waals surface area contributed by atoms with Gasteiger partial charge >= 0.3 is 5.97 Å². The predicted molar refractivity (Wildman–Crippen MR) is 54.9 cm³/mol. The van der Waals surface area contributed by atoms with E-state index in [-0.39, 0.29) is 0 Å². The molecule has 0 amide bonds. The van der Waals surface area contributed by atoms with Crippen LogP contribution in [0.5, 0.6) is 0 Å². The minimum atomic E-state index is -0.709. The lowest BCUT2D eigenvalue weighted by atomic mass is 9.99. The average Bonchev–Trinajstić information content (AvgIpc) is 2.50. The molecule has 0 aliphatic carbocycles. The molecule has 1 aliphatic heterocycles. The van der Waals surface area contributed by atoms with E-state index in [2.05, 4.69) is 11.8 Å². The van der Waals surface area contributed by atoms with Crippen molar-refractivity contribution in [3.05, 3.63) is 0 Å². The van der Waals surface area contributed by atoms with Crippen LogP contribution in [0.2, 0.25) is 0 Å². The molecule has 1 atom stereocenters. The van der Waals surface area contributed by atoms with Crippen molar-refractivity contribution in [3.8, 4) is 11.8 Å². The van der Waals surface area contributed by atoms with Crippen LogP contribution in [0.1, 0.15) is 33.1 Å². The molecule has 0 aromatic rings. The maximum Gasteiger partial charge on any atom is 0.323 e. The summed E-state index contributed by atoms with van der Waals surface area (Å²) in [6.07, 6.45) is 2.49. The summed E-state index contributed by atoms with van der Waals surface area (Å²) in [6.45, 7) is 5.26. The zero-order valence-electron chi connectivity index (χ0n) is 8.84. The fourth-order valence-corrected chi connectivity index (χ4v) is 1.94. The summed E-state index contributed by atoms with van der Waals surface area (Å²) in [5.74, 6) is 5.08. The van der Waals surface area contributed by atoms with Crippen molar-refractivity contribution in [2.45, 2.75) is 38.6 Å². The lowest BCUT2D eigenvalue weighted by Crippen LogP contribution is -2.48. The maximum absolute atomic E-state index is 11.1. The van der Waals surface area contributed by atoms with Crippen LogP contribution >= 0.6 is 0 Å². The third-order valence-corrected chi connectivity index (χ3v) is 2.93. The smallest absolute Gasteiger partial charge is 0.323 e. The predicted octanol–water partition coefficient (Wildman–Crippen LogP) is 1.34. The Kier molecular flexibility index (Phi) is 3.54. The van der Waals surface area contributed by atoms with Gasteiger partial charge in [0, 0.05) is 13.0 Å². The molecule has 1 fully saturated rings. The van der Waals surface area contributed by atoms with Gasteiger partial charge < -0.3 is 5.11 Å². The third-order valence-electron chi connectivity index (χ3n) is 2.93. The Morgan fingerprint density at radius 1 is 1.64 bits per heavy atom. The standard InChI is InChI=1S/C11H17NO2/c1-3-4-5-8-12-9-6-7-11(12,2)10(13)14/h5-9H2,1-2H3,(H,13,14). The first-order valence-corrected chi connectivity index (χ1v) is 4.99. The second kappa shape index (κ2) is 4.47. The summed E-state index contributed by atoms with van der Waals surface area (Å²) < 4.78 is 0. The van der Waals surface area contributed by atoms with Crippen molar-refractivity contribution in [2.75, 3.05) is 13.1 Å². The number of likely N-dealkylation sites (tertiary alicyclic amines) is 1. The van der Waals surface area contributed by atoms with E-state index in [0.717, 1.165) is 32.4 Å². The number of carboxylic acids is 1. The molecule has 14 heavy (non-hydrogen) atoms. The van der Waals surface area contributed by atoms with Crippen LogP contribution in [-0.2, 0) is 4.79 Å². The minimum Gasteiger partial charge on any atom is -0.480 e. The largest absolute Gasteiger partial charge is 0.480 e. The van der Waals surface area contributed by atoms with Crippen LogP contribution in [0.15, 0.2) is 0 Å². The quantitative estimate of drug-likeness (QED) is 0.691. The van der Waals surface area contributed by atoms with Crippen molar-refractivity contribution in [3.63, 3.8) is 0 Å². The number of nitrogens with zero attached hydrogens (tertiary/aromatic N) is 1. The molecule has 3 heteroatoms. The van der Waals surface area contributed by atoms with Crippen molar-refractivity contribution < 1.29 is 9.90 Å². The molecule has 1 heterocycles. The fourth-order valence-electron chi connectivity index (χ4n) is 1.94. The van der Waals surface area contributed by atoms with Crippen molar-refractivity contribution in [1.29, 1.82) is 0 Å². The van der Waals surface area contributed by atoms with Crippen LogP contribution in [0.25, 0.3) is 0 Å². The number of carboxylic acid groups (broad SMARTS) is 1. The van der Waals surface area contributed by atoms with Crippen LogP contribution in [-0.4, -0.2) is 34.6 Å². The van der Waals surface area contributed by atoms with E-state index < -0.39 is 11.5 Å². The zero-order valence-corrected chi connectivity index (χ0v) is 8.84. The second-order valence-corrected chi connectivity index (χ2v) is 3.85. The van der Waals surface area contributed by atoms with Gasteiger partial charge in [-0.3, -0.25) is 9.69 Å². The van der Waals surface area contributed by atoms with Gasteiger partial charge in [-0.1, -0.05) is 0 Å². The Balaban J connectivity index is 2.58. The van der Waals surface area contributed by atoms with E-state index in [1.54, 1.807) is 6.92 Å². The number of aliphatic carboxylic acids is 1. The van der Waals surface area contributed by atoms with Crippen LogP contribution in [0.3, 0.4) is 0 Å². The van der Waals surface area contributed by atoms with Crippen LogP contribution in [0.4, 0.5) is 0 Å². The summed E-state index contributed by atoms with van der Waals surface area (Å²) in [4.78, 5) is 13.1. The van der Waals surface area contributed by atoms with Crippen LogP contribution in [0, 0.1) is 11.8 Å². The van der Waals surface area contributed by atoms with Gasteiger partial charge in [-0.05, 0) is 33.2 Å². The molecular weight excluding hydrogens is 178 g/mol. The van der Waals surface area contributed by atoms with Crippen LogP contribution < -0.4 is 0 Å². The highest BCUT2D eigenvalue weighted by Crippen LogP contribution is 2.28. The molecule has 0 saturated carbocycles. The van der Waals surface area contributed by atoms with Gasteiger partial charge in [0.15, 0.2) is 0 Å². The summed E-state index contributed by atoms with van der Waals surface area (Å²) in [5.41, 5.74) is -0.657. The molecular formula is C11H17NO2. The number of hydrogen-bond acceptors (Lipinski definition) is 2. The van der Waals surface area contributed by atoms with Gasteiger partial charge in [0.1, 0.15) is 5.54 Å². The van der Waals surface area contributed by atoms with E-state index in [1.807, 2.05) is 11.8 Å². The Morgan fingerprint density at radius 2 is 2.36 bits per heavy atom. The van der Waals surface area contributed by atoms with E-state index >= 15 is 0 Å². The van der Waals surface area contributed by atoms with Gasteiger partial charge in [0.2, 0.25) is 0 Å². The lowest BCUT2D eigenvalue weighted by molar-refractivity contribution is -0.148. The molecule has 1 aliphatic rings. The molecule has 1 rings (SSSR count). The molecule has 0 bridgehead atoms. The molecule has 0 radical (unpaired) electrons. The summed E-state index contributed by atoms with van der Waals surface area (Å²) in [7, 11) is 0. The molecule has 0 aromatic heterocycles. The monoisotopic (exact) mass is 195 g/mol. The number of hydrogen-bond donors (Lipinski definition) is 1. The minimum absolute atomic E-state index is 0.657. The normalized spacial score (nSPS) is 27.0. The van der Waals surface area contributed by atoms with Gasteiger partial charge in [-0.2, -0.15) is 0 Å². The first kappa shape index (κ1) is 11.1. The molecule has 0 spiro atoms. The fraction of sp³-hybridized carbons (Fsp3) is 0.727. The first-order valence-electron chi connectivity index (χ1n) is 4.99. The molecule has 1 saturated heterocycles. The van der Waals surface area contributed by atoms with Gasteiger partial charge in [0.25, 0.3) is 0 Å². The Bertz CT molecular complexity index is 277. The highest BCUT2D eigenvalue weighted by atomic mass is 16.4. The topological polar surface area (TPSA) is 40.5 Å². The van der Waals surface area contributed by atoms with Crippen molar-refractivity contribution in [1.82, 2.24) is 4.90 Å². The molecule has 1 N–H and O–H groups in total. The van der Waals surface area contributed by atoms with E-state index in [4.69, 9.17) is 5.11 Å². The van der Waals surface area contributed by atoms with Gasteiger partial charge in [0.05, 0.1) is 0 Å². The number of rotatable bonds is 3. The lowest BCUT2D eigenvalue weighted by Gasteiger charge is -2.30. The Morgan fingerprint density at radius 3 is 2.93 bits per heavy atom. The van der Waals surface area contributed by atoms with E-state index in [9.17, 15) is 4.79 Å². The van der Waals surface area contributed by atoms with Crippen molar-refractivity contribution >= 4 is 5.97 Å².